The number of anilines is 1. The molecule has 0 atom stereocenters. The Labute approximate surface area is 168 Å². The Bertz CT molecular complexity index is 1120. The van der Waals surface area contributed by atoms with Crippen LogP contribution in [-0.2, 0) is 4.79 Å². The van der Waals surface area contributed by atoms with E-state index in [0.717, 1.165) is 5.56 Å². The number of amides is 1. The smallest absolute Gasteiger partial charge is 0.288 e. The predicted molar refractivity (Wildman–Crippen MR) is 108 cm³/mol. The Kier molecular flexibility index (Phi) is 5.79. The molecule has 3 aromatic rings. The Balaban J connectivity index is 1.80. The van der Waals surface area contributed by atoms with E-state index < -0.39 is 10.8 Å². The van der Waals surface area contributed by atoms with E-state index in [1.165, 1.54) is 35.6 Å². The summed E-state index contributed by atoms with van der Waals surface area (Å²) < 4.78 is 0. The van der Waals surface area contributed by atoms with Crippen molar-refractivity contribution in [2.75, 3.05) is 5.32 Å². The minimum atomic E-state index is -0.658. The van der Waals surface area contributed by atoms with Crippen LogP contribution in [0.3, 0.4) is 0 Å². The number of carbonyl (C=O) groups excluding carboxylic acids is 1. The van der Waals surface area contributed by atoms with Gasteiger partial charge in [-0.25, -0.2) is 4.98 Å². The second kappa shape index (κ2) is 8.43. The van der Waals surface area contributed by atoms with Crippen molar-refractivity contribution in [2.45, 2.75) is 0 Å². The van der Waals surface area contributed by atoms with Crippen molar-refractivity contribution < 1.29 is 9.72 Å². The summed E-state index contributed by atoms with van der Waals surface area (Å²) in [5.41, 5.74) is 1.40. The number of nitro groups is 1. The highest BCUT2D eigenvalue weighted by molar-refractivity contribution is 7.14. The van der Waals surface area contributed by atoms with E-state index in [1.807, 2.05) is 30.3 Å². The zero-order chi connectivity index (χ0) is 20.1. The number of aromatic nitrogens is 1. The summed E-state index contributed by atoms with van der Waals surface area (Å²) in [6.45, 7) is 0. The number of hydrogen-bond donors (Lipinski definition) is 1. The van der Waals surface area contributed by atoms with Gasteiger partial charge >= 0.3 is 0 Å². The molecule has 0 radical (unpaired) electrons. The standard InChI is InChI=1S/C19H11ClN4O3S/c20-15-7-6-12(9-17(15)24(26)27)8-14(10-21)18(25)23-19-22-16(11-28-19)13-4-2-1-3-5-13/h1-9,11H,(H,22,23,25). The Hall–Kier alpha value is -3.54. The van der Waals surface area contributed by atoms with Gasteiger partial charge in [0.25, 0.3) is 11.6 Å². The molecule has 0 bridgehead atoms. The molecule has 0 aliphatic carbocycles. The van der Waals surface area contributed by atoms with E-state index in [4.69, 9.17) is 11.6 Å². The second-order valence-electron chi connectivity index (χ2n) is 5.50. The molecular formula is C19H11ClN4O3S. The highest BCUT2D eigenvalue weighted by Gasteiger charge is 2.15. The third-order valence-corrected chi connectivity index (χ3v) is 4.71. The van der Waals surface area contributed by atoms with Crippen LogP contribution in [0.15, 0.2) is 59.5 Å². The van der Waals surface area contributed by atoms with Crippen LogP contribution in [0.5, 0.6) is 0 Å². The van der Waals surface area contributed by atoms with Gasteiger partial charge < -0.3 is 0 Å². The van der Waals surface area contributed by atoms with E-state index in [2.05, 4.69) is 10.3 Å². The number of nitro benzene ring substituents is 1. The lowest BCUT2D eigenvalue weighted by atomic mass is 10.1. The normalized spacial score (nSPS) is 10.9. The molecule has 0 spiro atoms. The summed E-state index contributed by atoms with van der Waals surface area (Å²) in [5.74, 6) is -0.658. The van der Waals surface area contributed by atoms with Crippen LogP contribution < -0.4 is 5.32 Å². The second-order valence-corrected chi connectivity index (χ2v) is 6.76. The van der Waals surface area contributed by atoms with Crippen molar-refractivity contribution in [1.29, 1.82) is 5.26 Å². The first-order valence-electron chi connectivity index (χ1n) is 7.86. The number of hydrogen-bond acceptors (Lipinski definition) is 6. The maximum Gasteiger partial charge on any atom is 0.288 e. The number of nitrogens with one attached hydrogen (secondary N) is 1. The van der Waals surface area contributed by atoms with Gasteiger partial charge in [-0.15, -0.1) is 11.3 Å². The van der Waals surface area contributed by atoms with Crippen molar-refractivity contribution in [3.63, 3.8) is 0 Å². The Morgan fingerprint density at radius 3 is 2.71 bits per heavy atom. The van der Waals surface area contributed by atoms with E-state index >= 15 is 0 Å². The van der Waals surface area contributed by atoms with Crippen molar-refractivity contribution >= 4 is 45.7 Å². The zero-order valence-corrected chi connectivity index (χ0v) is 15.7. The molecule has 1 heterocycles. The summed E-state index contributed by atoms with van der Waals surface area (Å²) in [6, 6.07) is 15.3. The highest BCUT2D eigenvalue weighted by Crippen LogP contribution is 2.27. The summed E-state index contributed by atoms with van der Waals surface area (Å²) in [7, 11) is 0. The number of rotatable bonds is 5. The van der Waals surface area contributed by atoms with Crippen LogP contribution >= 0.6 is 22.9 Å². The number of nitrogens with zero attached hydrogens (tertiary/aromatic N) is 3. The van der Waals surface area contributed by atoms with E-state index in [-0.39, 0.29) is 16.3 Å². The molecule has 1 aromatic heterocycles. The summed E-state index contributed by atoms with van der Waals surface area (Å²) in [5, 5.41) is 24.9. The van der Waals surface area contributed by atoms with E-state index in [0.29, 0.717) is 16.4 Å². The van der Waals surface area contributed by atoms with Gasteiger partial charge in [-0.1, -0.05) is 48.0 Å². The fourth-order valence-corrected chi connectivity index (χ4v) is 3.21. The number of thiazole rings is 1. The number of nitriles is 1. The first kappa shape index (κ1) is 19.2. The molecule has 0 aliphatic rings. The van der Waals surface area contributed by atoms with Gasteiger partial charge in [-0.05, 0) is 17.7 Å². The van der Waals surface area contributed by atoms with Crippen molar-refractivity contribution in [3.8, 4) is 17.3 Å². The van der Waals surface area contributed by atoms with Gasteiger partial charge in [0.15, 0.2) is 5.13 Å². The monoisotopic (exact) mass is 410 g/mol. The lowest BCUT2D eigenvalue weighted by Gasteiger charge is -2.01. The Morgan fingerprint density at radius 1 is 1.29 bits per heavy atom. The maximum atomic E-state index is 12.4. The molecule has 9 heteroatoms. The third-order valence-electron chi connectivity index (χ3n) is 3.64. The van der Waals surface area contributed by atoms with Gasteiger partial charge in [0.2, 0.25) is 0 Å². The van der Waals surface area contributed by atoms with Crippen molar-refractivity contribution in [1.82, 2.24) is 4.98 Å². The molecule has 7 nitrogen and oxygen atoms in total. The molecule has 2 aromatic carbocycles. The topological polar surface area (TPSA) is 109 Å². The molecule has 1 amide bonds. The minimum Gasteiger partial charge on any atom is -0.297 e. The van der Waals surface area contributed by atoms with Gasteiger partial charge in [0, 0.05) is 17.0 Å². The third kappa shape index (κ3) is 4.40. The quantitative estimate of drug-likeness (QED) is 0.278. The average molecular weight is 411 g/mol. The van der Waals surface area contributed by atoms with Crippen molar-refractivity contribution in [2.24, 2.45) is 0 Å². The Morgan fingerprint density at radius 2 is 2.04 bits per heavy atom. The molecule has 0 fully saturated rings. The van der Waals surface area contributed by atoms with Crippen molar-refractivity contribution in [3.05, 3.63) is 80.2 Å². The molecule has 0 saturated carbocycles. The lowest BCUT2D eigenvalue weighted by molar-refractivity contribution is -0.384. The number of halogens is 1. The van der Waals surface area contributed by atoms with Crippen LogP contribution in [0.2, 0.25) is 5.02 Å². The van der Waals surface area contributed by atoms with Crippen LogP contribution in [0.1, 0.15) is 5.56 Å². The van der Waals surface area contributed by atoms with E-state index in [9.17, 15) is 20.2 Å². The first-order chi connectivity index (χ1) is 13.5. The van der Waals surface area contributed by atoms with Gasteiger partial charge in [-0.3, -0.25) is 20.2 Å². The van der Waals surface area contributed by atoms with Crippen LogP contribution in [0.4, 0.5) is 10.8 Å². The highest BCUT2D eigenvalue weighted by atomic mass is 35.5. The molecular weight excluding hydrogens is 400 g/mol. The number of benzene rings is 2. The summed E-state index contributed by atoms with van der Waals surface area (Å²) in [4.78, 5) is 27.1. The predicted octanol–water partition coefficient (Wildman–Crippen LogP) is 4.92. The van der Waals surface area contributed by atoms with Crippen LogP contribution in [0.25, 0.3) is 17.3 Å². The zero-order valence-electron chi connectivity index (χ0n) is 14.1. The SMILES string of the molecule is N#CC(=Cc1ccc(Cl)c([N+](=O)[O-])c1)C(=O)Nc1nc(-c2ccccc2)cs1. The molecule has 28 heavy (non-hydrogen) atoms. The molecule has 1 N–H and O–H groups in total. The van der Waals surface area contributed by atoms with Gasteiger partial charge in [-0.2, -0.15) is 5.26 Å². The maximum absolute atomic E-state index is 12.4. The summed E-state index contributed by atoms with van der Waals surface area (Å²) in [6.07, 6.45) is 1.25. The fraction of sp³-hybridized carbons (Fsp3) is 0. The molecule has 138 valence electrons. The lowest BCUT2D eigenvalue weighted by Crippen LogP contribution is -2.13. The first-order valence-corrected chi connectivity index (χ1v) is 9.11. The molecule has 0 saturated heterocycles. The minimum absolute atomic E-state index is 0.0265. The summed E-state index contributed by atoms with van der Waals surface area (Å²) >= 11 is 7.00. The van der Waals surface area contributed by atoms with E-state index in [1.54, 1.807) is 11.4 Å². The molecule has 3 rings (SSSR count). The van der Waals surface area contributed by atoms with Gasteiger partial charge in [0.1, 0.15) is 16.7 Å². The average Bonchev–Trinajstić information content (AvgIpc) is 3.16. The van der Waals surface area contributed by atoms with Gasteiger partial charge in [0.05, 0.1) is 10.6 Å². The van der Waals surface area contributed by atoms with Crippen LogP contribution in [0, 0.1) is 21.4 Å². The molecule has 0 unspecified atom stereocenters. The van der Waals surface area contributed by atoms with Crippen LogP contribution in [-0.4, -0.2) is 15.8 Å². The number of carbonyl (C=O) groups is 1. The molecule has 0 aliphatic heterocycles. The largest absolute Gasteiger partial charge is 0.297 e. The fourth-order valence-electron chi connectivity index (χ4n) is 2.31.